The third-order valence-electron chi connectivity index (χ3n) is 1.81. The largest absolute Gasteiger partial charge is 0.394 e. The number of aromatic nitrogens is 1. The molecule has 0 aliphatic rings. The summed E-state index contributed by atoms with van der Waals surface area (Å²) in [7, 11) is 0. The molecule has 0 unspecified atom stereocenters. The van der Waals surface area contributed by atoms with Crippen molar-refractivity contribution in [2.75, 3.05) is 6.61 Å². The van der Waals surface area contributed by atoms with E-state index in [9.17, 15) is 4.79 Å². The van der Waals surface area contributed by atoms with Gasteiger partial charge in [0.05, 0.1) is 12.1 Å². The van der Waals surface area contributed by atoms with Gasteiger partial charge in [-0.1, -0.05) is 0 Å². The molecule has 1 amide bonds. The highest BCUT2D eigenvalue weighted by atomic mass is 32.1. The van der Waals surface area contributed by atoms with E-state index in [0.717, 1.165) is 5.01 Å². The van der Waals surface area contributed by atoms with Gasteiger partial charge >= 0.3 is 0 Å². The fourth-order valence-corrected chi connectivity index (χ4v) is 1.57. The quantitative estimate of drug-likeness (QED) is 0.683. The topological polar surface area (TPSA) is 88.2 Å². The van der Waals surface area contributed by atoms with E-state index in [0.29, 0.717) is 12.2 Å². The maximum Gasteiger partial charge on any atom is 0.271 e. The van der Waals surface area contributed by atoms with Gasteiger partial charge in [-0.2, -0.15) is 0 Å². The molecule has 0 spiro atoms. The molecule has 1 aromatic rings. The van der Waals surface area contributed by atoms with Crippen molar-refractivity contribution in [3.63, 3.8) is 0 Å². The number of nitrogens with one attached hydrogen (secondary N) is 1. The molecule has 0 aromatic carbocycles. The Hall–Kier alpha value is -0.980. The second-order valence-electron chi connectivity index (χ2n) is 3.83. The summed E-state index contributed by atoms with van der Waals surface area (Å²) in [6.07, 6.45) is 0. The lowest BCUT2D eigenvalue weighted by molar-refractivity contribution is 0.0865. The van der Waals surface area contributed by atoms with E-state index in [-0.39, 0.29) is 12.5 Å². The molecule has 0 fully saturated rings. The number of carbonyl (C=O) groups excluding carboxylic acids is 1. The first-order valence-electron chi connectivity index (χ1n) is 4.56. The number of amides is 1. The molecule has 0 aliphatic carbocycles. The third kappa shape index (κ3) is 3.26. The average molecular weight is 229 g/mol. The highest BCUT2D eigenvalue weighted by Crippen LogP contribution is 2.10. The number of thiazole rings is 1. The van der Waals surface area contributed by atoms with Crippen molar-refractivity contribution in [2.45, 2.75) is 25.9 Å². The second-order valence-corrected chi connectivity index (χ2v) is 4.77. The van der Waals surface area contributed by atoms with Crippen LogP contribution in [0.25, 0.3) is 0 Å². The Morgan fingerprint density at radius 2 is 2.40 bits per heavy atom. The van der Waals surface area contributed by atoms with Crippen LogP contribution in [0, 0.1) is 0 Å². The molecule has 0 saturated heterocycles. The number of nitrogens with zero attached hydrogens (tertiary/aromatic N) is 1. The highest BCUT2D eigenvalue weighted by molar-refractivity contribution is 7.09. The van der Waals surface area contributed by atoms with Gasteiger partial charge in [0.15, 0.2) is 0 Å². The van der Waals surface area contributed by atoms with Crippen molar-refractivity contribution in [3.05, 3.63) is 16.1 Å². The van der Waals surface area contributed by atoms with Gasteiger partial charge in [-0.05, 0) is 13.8 Å². The molecular weight excluding hydrogens is 214 g/mol. The van der Waals surface area contributed by atoms with Crippen LogP contribution in [0.4, 0.5) is 0 Å². The molecule has 15 heavy (non-hydrogen) atoms. The monoisotopic (exact) mass is 229 g/mol. The zero-order valence-corrected chi connectivity index (χ0v) is 9.60. The first kappa shape index (κ1) is 12.1. The van der Waals surface area contributed by atoms with E-state index >= 15 is 0 Å². The van der Waals surface area contributed by atoms with Crippen LogP contribution in [-0.4, -0.2) is 28.1 Å². The van der Waals surface area contributed by atoms with Gasteiger partial charge < -0.3 is 16.2 Å². The summed E-state index contributed by atoms with van der Waals surface area (Å²) in [6, 6.07) is 0. The standard InChI is InChI=1S/C9H15N3O2S/c1-9(2,5-13)12-8(14)6-4-15-7(3-10)11-6/h4,13H,3,5,10H2,1-2H3,(H,12,14). The SMILES string of the molecule is CC(C)(CO)NC(=O)c1csc(CN)n1. The number of hydrogen-bond donors (Lipinski definition) is 3. The summed E-state index contributed by atoms with van der Waals surface area (Å²) in [5.41, 5.74) is 5.11. The van der Waals surface area contributed by atoms with E-state index < -0.39 is 5.54 Å². The molecule has 0 atom stereocenters. The molecule has 1 rings (SSSR count). The minimum atomic E-state index is -0.635. The molecular formula is C9H15N3O2S. The molecule has 0 saturated carbocycles. The van der Waals surface area contributed by atoms with Crippen LogP contribution < -0.4 is 11.1 Å². The number of hydrogen-bond acceptors (Lipinski definition) is 5. The normalized spacial score (nSPS) is 11.5. The number of aliphatic hydroxyl groups excluding tert-OH is 1. The maximum atomic E-state index is 11.6. The third-order valence-corrected chi connectivity index (χ3v) is 2.68. The lowest BCUT2D eigenvalue weighted by Crippen LogP contribution is -2.46. The number of nitrogens with two attached hydrogens (primary N) is 1. The fourth-order valence-electron chi connectivity index (χ4n) is 0.920. The van der Waals surface area contributed by atoms with E-state index in [1.165, 1.54) is 11.3 Å². The van der Waals surface area contributed by atoms with Gasteiger partial charge in [0.2, 0.25) is 0 Å². The van der Waals surface area contributed by atoms with Gasteiger partial charge in [0.1, 0.15) is 10.7 Å². The predicted octanol–water partition coefficient (Wildman–Crippen LogP) is 0.103. The average Bonchev–Trinajstić information content (AvgIpc) is 2.65. The Morgan fingerprint density at radius 1 is 1.73 bits per heavy atom. The molecule has 6 heteroatoms. The molecule has 4 N–H and O–H groups in total. The molecule has 1 aromatic heterocycles. The highest BCUT2D eigenvalue weighted by Gasteiger charge is 2.21. The second kappa shape index (κ2) is 4.69. The van der Waals surface area contributed by atoms with E-state index in [1.54, 1.807) is 19.2 Å². The van der Waals surface area contributed by atoms with E-state index in [1.807, 2.05) is 0 Å². The Balaban J connectivity index is 2.69. The van der Waals surface area contributed by atoms with Crippen LogP contribution in [0.3, 0.4) is 0 Å². The van der Waals surface area contributed by atoms with Crippen LogP contribution in [0.15, 0.2) is 5.38 Å². The number of rotatable bonds is 4. The van der Waals surface area contributed by atoms with Crippen molar-refractivity contribution in [3.8, 4) is 0 Å². The molecule has 0 aliphatic heterocycles. The Morgan fingerprint density at radius 3 is 2.87 bits per heavy atom. The van der Waals surface area contributed by atoms with Crippen molar-refractivity contribution >= 4 is 17.2 Å². The van der Waals surface area contributed by atoms with E-state index in [2.05, 4.69) is 10.3 Å². The van der Waals surface area contributed by atoms with Gasteiger partial charge in [-0.25, -0.2) is 4.98 Å². The summed E-state index contributed by atoms with van der Waals surface area (Å²) in [5, 5.41) is 14.0. The van der Waals surface area contributed by atoms with Crippen LogP contribution >= 0.6 is 11.3 Å². The smallest absolute Gasteiger partial charge is 0.271 e. The molecule has 1 heterocycles. The van der Waals surface area contributed by atoms with Crippen LogP contribution in [0.2, 0.25) is 0 Å². The minimum absolute atomic E-state index is 0.118. The zero-order chi connectivity index (χ0) is 11.5. The Labute approximate surface area is 92.3 Å². The number of aliphatic hydroxyl groups is 1. The summed E-state index contributed by atoms with van der Waals surface area (Å²) >= 11 is 1.35. The van der Waals surface area contributed by atoms with Gasteiger partial charge in [0.25, 0.3) is 5.91 Å². The fraction of sp³-hybridized carbons (Fsp3) is 0.556. The number of carbonyl (C=O) groups is 1. The molecule has 84 valence electrons. The van der Waals surface area contributed by atoms with Crippen molar-refractivity contribution in [2.24, 2.45) is 5.73 Å². The first-order valence-corrected chi connectivity index (χ1v) is 5.44. The van der Waals surface area contributed by atoms with Gasteiger partial charge in [-0.15, -0.1) is 11.3 Å². The summed E-state index contributed by atoms with van der Waals surface area (Å²) in [6.45, 7) is 3.69. The minimum Gasteiger partial charge on any atom is -0.394 e. The zero-order valence-electron chi connectivity index (χ0n) is 8.78. The Bertz CT molecular complexity index is 349. The lowest BCUT2D eigenvalue weighted by atomic mass is 10.1. The van der Waals surface area contributed by atoms with Gasteiger partial charge in [0, 0.05) is 11.9 Å². The molecule has 0 bridgehead atoms. The van der Waals surface area contributed by atoms with Crippen molar-refractivity contribution in [1.82, 2.24) is 10.3 Å². The van der Waals surface area contributed by atoms with Crippen LogP contribution in [0.5, 0.6) is 0 Å². The maximum absolute atomic E-state index is 11.6. The first-order chi connectivity index (χ1) is 6.98. The summed E-state index contributed by atoms with van der Waals surface area (Å²) in [4.78, 5) is 15.7. The van der Waals surface area contributed by atoms with Crippen molar-refractivity contribution < 1.29 is 9.90 Å². The Kier molecular flexibility index (Phi) is 3.78. The molecule has 0 radical (unpaired) electrons. The van der Waals surface area contributed by atoms with Crippen molar-refractivity contribution in [1.29, 1.82) is 0 Å². The molecule has 5 nitrogen and oxygen atoms in total. The summed E-state index contributed by atoms with van der Waals surface area (Å²) in [5.74, 6) is -0.287. The van der Waals surface area contributed by atoms with Crippen LogP contribution in [-0.2, 0) is 6.54 Å². The summed E-state index contributed by atoms with van der Waals surface area (Å²) < 4.78 is 0. The lowest BCUT2D eigenvalue weighted by Gasteiger charge is -2.22. The van der Waals surface area contributed by atoms with E-state index in [4.69, 9.17) is 10.8 Å². The predicted molar refractivity (Wildman–Crippen MR) is 58.6 cm³/mol. The van der Waals surface area contributed by atoms with Gasteiger partial charge in [-0.3, -0.25) is 4.79 Å². The van der Waals surface area contributed by atoms with Crippen LogP contribution in [0.1, 0.15) is 29.3 Å².